The Balaban J connectivity index is 2.21. The monoisotopic (exact) mass is 236 g/mol. The Bertz CT molecular complexity index is 550. The predicted molar refractivity (Wildman–Crippen MR) is 78.5 cm³/mol. The number of methoxy groups -OCH3 is 1. The number of rotatable bonds is 4. The molecule has 0 amide bonds. The molecule has 0 N–H and O–H groups in total. The summed E-state index contributed by atoms with van der Waals surface area (Å²) < 4.78 is 5.13. The minimum Gasteiger partial charge on any atom is -0.497 e. The lowest BCUT2D eigenvalue weighted by molar-refractivity contribution is 0.415. The maximum atomic E-state index is 5.13. The summed E-state index contributed by atoms with van der Waals surface area (Å²) in [4.78, 5) is 0. The first-order chi connectivity index (χ1) is 8.83. The van der Waals surface area contributed by atoms with Gasteiger partial charge in [0.2, 0.25) is 0 Å². The predicted octanol–water partition coefficient (Wildman–Crippen LogP) is 4.51. The Hall–Kier alpha value is -2.28. The second kappa shape index (κ2) is 5.87. The van der Waals surface area contributed by atoms with E-state index >= 15 is 0 Å². The largest absolute Gasteiger partial charge is 0.497 e. The molecule has 0 bridgehead atoms. The van der Waals surface area contributed by atoms with E-state index in [0.29, 0.717) is 0 Å². The van der Waals surface area contributed by atoms with E-state index in [1.165, 1.54) is 5.56 Å². The van der Waals surface area contributed by atoms with Crippen molar-refractivity contribution in [1.82, 2.24) is 0 Å². The fourth-order valence-electron chi connectivity index (χ4n) is 1.75. The molecular formula is C17H16O. The van der Waals surface area contributed by atoms with Gasteiger partial charge in [-0.2, -0.15) is 0 Å². The van der Waals surface area contributed by atoms with Crippen LogP contribution in [0.2, 0.25) is 0 Å². The topological polar surface area (TPSA) is 9.23 Å². The summed E-state index contributed by atoms with van der Waals surface area (Å²) in [6.07, 6.45) is 6.05. The lowest BCUT2D eigenvalue weighted by Crippen LogP contribution is -1.82. The average molecular weight is 236 g/mol. The molecule has 0 spiro atoms. The summed E-state index contributed by atoms with van der Waals surface area (Å²) in [5.41, 5.74) is 3.46. The Kier molecular flexibility index (Phi) is 3.98. The van der Waals surface area contributed by atoms with Crippen molar-refractivity contribution in [3.8, 4) is 5.75 Å². The van der Waals surface area contributed by atoms with Crippen LogP contribution < -0.4 is 4.74 Å². The summed E-state index contributed by atoms with van der Waals surface area (Å²) >= 11 is 0. The molecule has 1 heteroatoms. The molecule has 0 heterocycles. The lowest BCUT2D eigenvalue weighted by atomic mass is 10.1. The molecule has 0 aromatic heterocycles. The summed E-state index contributed by atoms with van der Waals surface area (Å²) in [7, 11) is 1.67. The highest BCUT2D eigenvalue weighted by molar-refractivity contribution is 5.74. The van der Waals surface area contributed by atoms with E-state index in [2.05, 4.69) is 30.9 Å². The van der Waals surface area contributed by atoms with Crippen molar-refractivity contribution in [1.29, 1.82) is 0 Å². The lowest BCUT2D eigenvalue weighted by Gasteiger charge is -2.01. The maximum Gasteiger partial charge on any atom is 0.118 e. The molecule has 2 rings (SSSR count). The van der Waals surface area contributed by atoms with Gasteiger partial charge in [0.1, 0.15) is 5.75 Å². The molecule has 0 aliphatic rings. The van der Waals surface area contributed by atoms with E-state index in [0.717, 1.165) is 16.9 Å². The van der Waals surface area contributed by atoms with E-state index in [1.54, 1.807) is 7.11 Å². The van der Waals surface area contributed by atoms with Crippen LogP contribution in [0.1, 0.15) is 16.7 Å². The molecule has 0 unspecified atom stereocenters. The van der Waals surface area contributed by atoms with Crippen molar-refractivity contribution in [2.24, 2.45) is 0 Å². The number of hydrogen-bond acceptors (Lipinski definition) is 1. The molecule has 90 valence electrons. The molecule has 18 heavy (non-hydrogen) atoms. The normalized spacial score (nSPS) is 10.5. The third-order valence-corrected chi connectivity index (χ3v) is 2.79. The Labute approximate surface area is 108 Å². The quantitative estimate of drug-likeness (QED) is 0.710. The van der Waals surface area contributed by atoms with E-state index in [1.807, 2.05) is 42.5 Å². The van der Waals surface area contributed by atoms with Gasteiger partial charge in [0.25, 0.3) is 0 Å². The van der Waals surface area contributed by atoms with Gasteiger partial charge in [-0.1, -0.05) is 61.2 Å². The summed E-state index contributed by atoms with van der Waals surface area (Å²) in [6, 6.07) is 16.2. The van der Waals surface area contributed by atoms with Gasteiger partial charge in [-0.3, -0.25) is 0 Å². The van der Waals surface area contributed by atoms with Crippen LogP contribution in [0.5, 0.6) is 5.75 Å². The zero-order valence-electron chi connectivity index (χ0n) is 10.5. The van der Waals surface area contributed by atoms with Gasteiger partial charge in [-0.05, 0) is 28.8 Å². The SMILES string of the molecule is C=Cc1ccccc1/C=C/c1ccc(OC)cc1. The number of benzene rings is 2. The van der Waals surface area contributed by atoms with Crippen molar-refractivity contribution >= 4 is 18.2 Å². The zero-order chi connectivity index (χ0) is 12.8. The minimum absolute atomic E-state index is 0.874. The molecule has 0 saturated carbocycles. The van der Waals surface area contributed by atoms with Gasteiger partial charge >= 0.3 is 0 Å². The Morgan fingerprint density at radius 3 is 2.17 bits per heavy atom. The summed E-state index contributed by atoms with van der Waals surface area (Å²) in [6.45, 7) is 3.82. The van der Waals surface area contributed by atoms with Crippen molar-refractivity contribution in [3.63, 3.8) is 0 Å². The first-order valence-electron chi connectivity index (χ1n) is 5.87. The first kappa shape index (κ1) is 12.2. The molecular weight excluding hydrogens is 220 g/mol. The number of hydrogen-bond donors (Lipinski definition) is 0. The highest BCUT2D eigenvalue weighted by atomic mass is 16.5. The van der Waals surface area contributed by atoms with Crippen LogP contribution in [0.25, 0.3) is 18.2 Å². The van der Waals surface area contributed by atoms with Crippen LogP contribution in [0.4, 0.5) is 0 Å². The van der Waals surface area contributed by atoms with Gasteiger partial charge in [0.15, 0.2) is 0 Å². The molecule has 1 nitrogen and oxygen atoms in total. The number of ether oxygens (including phenoxy) is 1. The van der Waals surface area contributed by atoms with Crippen molar-refractivity contribution in [2.75, 3.05) is 7.11 Å². The Morgan fingerprint density at radius 2 is 1.56 bits per heavy atom. The molecule has 2 aromatic rings. The van der Waals surface area contributed by atoms with Crippen LogP contribution in [0, 0.1) is 0 Å². The first-order valence-corrected chi connectivity index (χ1v) is 5.87. The van der Waals surface area contributed by atoms with Crippen LogP contribution in [-0.2, 0) is 0 Å². The van der Waals surface area contributed by atoms with Crippen LogP contribution in [-0.4, -0.2) is 7.11 Å². The molecule has 0 radical (unpaired) electrons. The fourth-order valence-corrected chi connectivity index (χ4v) is 1.75. The van der Waals surface area contributed by atoms with E-state index in [-0.39, 0.29) is 0 Å². The maximum absolute atomic E-state index is 5.13. The highest BCUT2D eigenvalue weighted by Gasteiger charge is 1.94. The van der Waals surface area contributed by atoms with Gasteiger partial charge in [-0.25, -0.2) is 0 Å². The molecule has 0 aliphatic carbocycles. The fraction of sp³-hybridized carbons (Fsp3) is 0.0588. The minimum atomic E-state index is 0.874. The van der Waals surface area contributed by atoms with Gasteiger partial charge in [0, 0.05) is 0 Å². The van der Waals surface area contributed by atoms with E-state index in [4.69, 9.17) is 4.74 Å². The van der Waals surface area contributed by atoms with Crippen LogP contribution >= 0.6 is 0 Å². The third kappa shape index (κ3) is 2.89. The van der Waals surface area contributed by atoms with Gasteiger partial charge in [-0.15, -0.1) is 0 Å². The molecule has 0 fully saturated rings. The smallest absolute Gasteiger partial charge is 0.118 e. The highest BCUT2D eigenvalue weighted by Crippen LogP contribution is 2.16. The average Bonchev–Trinajstić information content (AvgIpc) is 2.46. The second-order valence-corrected chi connectivity index (χ2v) is 3.94. The van der Waals surface area contributed by atoms with E-state index < -0.39 is 0 Å². The van der Waals surface area contributed by atoms with Crippen molar-refractivity contribution in [3.05, 3.63) is 71.8 Å². The molecule has 0 saturated heterocycles. The van der Waals surface area contributed by atoms with Crippen molar-refractivity contribution in [2.45, 2.75) is 0 Å². The zero-order valence-corrected chi connectivity index (χ0v) is 10.5. The van der Waals surface area contributed by atoms with Gasteiger partial charge in [0.05, 0.1) is 7.11 Å². The third-order valence-electron chi connectivity index (χ3n) is 2.79. The van der Waals surface area contributed by atoms with Gasteiger partial charge < -0.3 is 4.74 Å². The second-order valence-electron chi connectivity index (χ2n) is 3.94. The molecule has 0 aliphatic heterocycles. The molecule has 0 atom stereocenters. The van der Waals surface area contributed by atoms with Crippen molar-refractivity contribution < 1.29 is 4.74 Å². The van der Waals surface area contributed by atoms with Crippen LogP contribution in [0.3, 0.4) is 0 Å². The molecule has 2 aromatic carbocycles. The Morgan fingerprint density at radius 1 is 0.889 bits per heavy atom. The summed E-state index contributed by atoms with van der Waals surface area (Å²) in [5, 5.41) is 0. The summed E-state index contributed by atoms with van der Waals surface area (Å²) in [5.74, 6) is 0.874. The van der Waals surface area contributed by atoms with Crippen LogP contribution in [0.15, 0.2) is 55.1 Å². The van der Waals surface area contributed by atoms with E-state index in [9.17, 15) is 0 Å². The standard InChI is InChI=1S/C17H16O/c1-3-15-6-4-5-7-16(15)11-8-14-9-12-17(18-2)13-10-14/h3-13H,1H2,2H3/b11-8+.